The van der Waals surface area contributed by atoms with E-state index in [1.54, 1.807) is 0 Å². The summed E-state index contributed by atoms with van der Waals surface area (Å²) in [5, 5.41) is 3.60. The van der Waals surface area contributed by atoms with Gasteiger partial charge in [0.25, 0.3) is 0 Å². The standard InChI is InChI=1S/C6H6ClNO/c1-2-4-3-8-6(7)5(4)9/h6H,2H2,1H3. The molecule has 1 heterocycles. The van der Waals surface area contributed by atoms with Gasteiger partial charge in [-0.05, 0) is 6.42 Å². The van der Waals surface area contributed by atoms with Crippen LogP contribution in [0.1, 0.15) is 13.3 Å². The highest BCUT2D eigenvalue weighted by atomic mass is 35.5. The Labute approximate surface area is 58.9 Å². The molecule has 0 aromatic carbocycles. The number of halogens is 1. The average molecular weight is 144 g/mol. The lowest BCUT2D eigenvalue weighted by Crippen LogP contribution is -2.15. The lowest BCUT2D eigenvalue weighted by atomic mass is 10.2. The summed E-state index contributed by atoms with van der Waals surface area (Å²) < 4.78 is 0. The molecule has 0 saturated heterocycles. The third-order valence-electron chi connectivity index (χ3n) is 1.18. The smallest absolute Gasteiger partial charge is 0.200 e. The molecule has 3 heteroatoms. The van der Waals surface area contributed by atoms with Crippen molar-refractivity contribution in [3.05, 3.63) is 11.8 Å². The zero-order valence-corrected chi connectivity index (χ0v) is 5.77. The van der Waals surface area contributed by atoms with Gasteiger partial charge in [0.15, 0.2) is 5.50 Å². The zero-order chi connectivity index (χ0) is 6.85. The second-order valence-electron chi connectivity index (χ2n) is 1.77. The highest BCUT2D eigenvalue weighted by Crippen LogP contribution is 2.13. The van der Waals surface area contributed by atoms with Gasteiger partial charge >= 0.3 is 0 Å². The van der Waals surface area contributed by atoms with Crippen LogP contribution in [0, 0.1) is 6.20 Å². The molecule has 0 saturated carbocycles. The zero-order valence-electron chi connectivity index (χ0n) is 5.02. The van der Waals surface area contributed by atoms with Gasteiger partial charge in [-0.3, -0.25) is 10.1 Å². The van der Waals surface area contributed by atoms with E-state index in [4.69, 9.17) is 11.6 Å². The first-order valence-electron chi connectivity index (χ1n) is 2.75. The van der Waals surface area contributed by atoms with Crippen LogP contribution in [0.3, 0.4) is 0 Å². The van der Waals surface area contributed by atoms with Crippen molar-refractivity contribution in [3.63, 3.8) is 0 Å². The molecule has 1 unspecified atom stereocenters. The van der Waals surface area contributed by atoms with E-state index in [0.29, 0.717) is 12.0 Å². The van der Waals surface area contributed by atoms with E-state index in [1.807, 2.05) is 6.92 Å². The Kier molecular flexibility index (Phi) is 1.76. The van der Waals surface area contributed by atoms with E-state index in [9.17, 15) is 4.79 Å². The number of nitrogens with zero attached hydrogens (tertiary/aromatic N) is 1. The van der Waals surface area contributed by atoms with Crippen molar-refractivity contribution in [1.29, 1.82) is 0 Å². The average Bonchev–Trinajstić information content (AvgIpc) is 2.15. The van der Waals surface area contributed by atoms with E-state index in [2.05, 4.69) is 11.5 Å². The van der Waals surface area contributed by atoms with Crippen molar-refractivity contribution in [2.75, 3.05) is 0 Å². The molecular formula is C6H6ClNO. The van der Waals surface area contributed by atoms with Crippen molar-refractivity contribution < 1.29 is 4.79 Å². The Morgan fingerprint density at radius 1 is 1.89 bits per heavy atom. The fourth-order valence-corrected chi connectivity index (χ4v) is 0.826. The normalized spacial score (nSPS) is 25.8. The Balaban J connectivity index is 2.67. The summed E-state index contributed by atoms with van der Waals surface area (Å²) in [6.45, 7) is 1.88. The van der Waals surface area contributed by atoms with Crippen molar-refractivity contribution in [1.82, 2.24) is 5.32 Å². The van der Waals surface area contributed by atoms with Crippen LogP contribution in [0.15, 0.2) is 5.57 Å². The fraction of sp³-hybridized carbons (Fsp3) is 0.500. The largest absolute Gasteiger partial charge is 0.291 e. The van der Waals surface area contributed by atoms with Crippen molar-refractivity contribution in [2.24, 2.45) is 0 Å². The van der Waals surface area contributed by atoms with Crippen LogP contribution in [0.2, 0.25) is 0 Å². The minimum atomic E-state index is -0.694. The van der Waals surface area contributed by atoms with Crippen LogP contribution in [0.4, 0.5) is 0 Å². The number of rotatable bonds is 1. The first kappa shape index (κ1) is 6.62. The molecule has 48 valence electrons. The number of hydrogen-bond donors (Lipinski definition) is 0. The molecule has 1 atom stereocenters. The molecule has 0 fully saturated rings. The van der Waals surface area contributed by atoms with E-state index in [1.165, 1.54) is 0 Å². The first-order valence-corrected chi connectivity index (χ1v) is 3.19. The van der Waals surface area contributed by atoms with Crippen LogP contribution < -0.4 is 5.32 Å². The molecule has 2 nitrogen and oxygen atoms in total. The maximum Gasteiger partial charge on any atom is 0.200 e. The van der Waals surface area contributed by atoms with Crippen molar-refractivity contribution >= 4 is 17.4 Å². The minimum Gasteiger partial charge on any atom is -0.291 e. The molecule has 0 N–H and O–H groups in total. The van der Waals surface area contributed by atoms with E-state index in [0.717, 1.165) is 0 Å². The van der Waals surface area contributed by atoms with E-state index >= 15 is 0 Å². The summed E-state index contributed by atoms with van der Waals surface area (Å²) >= 11 is 5.44. The minimum absolute atomic E-state index is 0.0980. The molecule has 0 aromatic rings. The van der Waals surface area contributed by atoms with Gasteiger partial charge in [-0.25, -0.2) is 0 Å². The molecule has 0 aliphatic carbocycles. The fourth-order valence-electron chi connectivity index (χ4n) is 0.645. The summed E-state index contributed by atoms with van der Waals surface area (Å²) in [7, 11) is 0. The summed E-state index contributed by atoms with van der Waals surface area (Å²) in [5.41, 5.74) is -0.0880. The maximum atomic E-state index is 10.8. The monoisotopic (exact) mass is 143 g/mol. The molecular weight excluding hydrogens is 138 g/mol. The quantitative estimate of drug-likeness (QED) is 0.395. The predicted octanol–water partition coefficient (Wildman–Crippen LogP) is 0.835. The van der Waals surface area contributed by atoms with Crippen LogP contribution in [-0.2, 0) is 4.79 Å². The molecule has 0 spiro atoms. The lowest BCUT2D eigenvalue weighted by Gasteiger charge is -1.93. The Morgan fingerprint density at radius 2 is 2.56 bits per heavy atom. The first-order chi connectivity index (χ1) is 4.25. The Hall–Kier alpha value is -0.500. The van der Waals surface area contributed by atoms with Gasteiger partial charge in [-0.2, -0.15) is 0 Å². The molecule has 1 rings (SSSR count). The van der Waals surface area contributed by atoms with Gasteiger partial charge in [-0.1, -0.05) is 18.5 Å². The predicted molar refractivity (Wildman–Crippen MR) is 33.8 cm³/mol. The SMILES string of the molecule is CCC1=[C][N]C(Cl)C1=O. The van der Waals surface area contributed by atoms with E-state index in [-0.39, 0.29) is 5.78 Å². The van der Waals surface area contributed by atoms with Gasteiger partial charge < -0.3 is 0 Å². The van der Waals surface area contributed by atoms with Gasteiger partial charge in [0, 0.05) is 5.57 Å². The third-order valence-corrected chi connectivity index (χ3v) is 1.48. The van der Waals surface area contributed by atoms with Crippen LogP contribution in [0.5, 0.6) is 0 Å². The summed E-state index contributed by atoms with van der Waals surface area (Å²) in [5.74, 6) is -0.0980. The van der Waals surface area contributed by atoms with Gasteiger partial charge in [-0.15, -0.1) is 0 Å². The molecule has 0 amide bonds. The Morgan fingerprint density at radius 3 is 2.78 bits per heavy atom. The van der Waals surface area contributed by atoms with Gasteiger partial charge in [0.05, 0.1) is 6.20 Å². The molecule has 1 aliphatic heterocycles. The summed E-state index contributed by atoms with van der Waals surface area (Å²) in [4.78, 5) is 10.8. The van der Waals surface area contributed by atoms with Gasteiger partial charge in [0.1, 0.15) is 0 Å². The number of ketones is 1. The highest BCUT2D eigenvalue weighted by Gasteiger charge is 2.25. The second kappa shape index (κ2) is 2.40. The number of carbonyl (C=O) groups is 1. The summed E-state index contributed by atoms with van der Waals surface area (Å²) in [6.07, 6.45) is 3.24. The molecule has 2 radical (unpaired) electrons. The van der Waals surface area contributed by atoms with Crippen molar-refractivity contribution in [2.45, 2.75) is 18.8 Å². The molecule has 0 aromatic heterocycles. The van der Waals surface area contributed by atoms with Crippen LogP contribution >= 0.6 is 11.6 Å². The molecule has 1 aliphatic rings. The van der Waals surface area contributed by atoms with Crippen LogP contribution in [-0.4, -0.2) is 11.3 Å². The lowest BCUT2D eigenvalue weighted by molar-refractivity contribution is -0.115. The topological polar surface area (TPSA) is 31.2 Å². The van der Waals surface area contributed by atoms with Crippen molar-refractivity contribution in [3.8, 4) is 0 Å². The van der Waals surface area contributed by atoms with E-state index < -0.39 is 5.50 Å². The van der Waals surface area contributed by atoms with Crippen LogP contribution in [0.25, 0.3) is 0 Å². The number of carbonyl (C=O) groups excluding carboxylic acids is 1. The third kappa shape index (κ3) is 1.08. The highest BCUT2D eigenvalue weighted by molar-refractivity contribution is 6.34. The summed E-state index contributed by atoms with van der Waals surface area (Å²) in [6, 6.07) is 0. The Bertz CT molecular complexity index is 164. The van der Waals surface area contributed by atoms with Gasteiger partial charge in [0.2, 0.25) is 5.78 Å². The second-order valence-corrected chi connectivity index (χ2v) is 2.19. The number of alkyl halides is 1. The maximum absolute atomic E-state index is 10.8. The number of hydrogen-bond acceptors (Lipinski definition) is 1. The molecule has 0 bridgehead atoms. The molecule has 9 heavy (non-hydrogen) atoms. The number of Topliss-reactive ketones (excluding diaryl/α,β-unsaturated/α-hetero) is 1.